The Morgan fingerprint density at radius 2 is 2.00 bits per heavy atom. The Hall–Kier alpha value is -0.370. The summed E-state index contributed by atoms with van der Waals surface area (Å²) in [6.45, 7) is 2.61. The highest BCUT2D eigenvalue weighted by Gasteiger charge is 2.37. The number of amides is 1. The molecular formula is C15H30ClN3O3S. The Bertz CT molecular complexity index is 472. The van der Waals surface area contributed by atoms with Crippen molar-refractivity contribution in [3.63, 3.8) is 0 Å². The maximum atomic E-state index is 12.2. The molecule has 1 amide bonds. The van der Waals surface area contributed by atoms with Crippen molar-refractivity contribution in [3.8, 4) is 0 Å². The topological polar surface area (TPSA) is 78.5 Å². The first-order valence-electron chi connectivity index (χ1n) is 8.42. The summed E-state index contributed by atoms with van der Waals surface area (Å²) in [5, 5.41) is 6.39. The van der Waals surface area contributed by atoms with Crippen molar-refractivity contribution < 1.29 is 13.2 Å². The van der Waals surface area contributed by atoms with Gasteiger partial charge in [-0.15, -0.1) is 12.4 Å². The zero-order valence-corrected chi connectivity index (χ0v) is 15.7. The summed E-state index contributed by atoms with van der Waals surface area (Å²) in [5.41, 5.74) is 0. The zero-order valence-electron chi connectivity index (χ0n) is 14.1. The highest BCUT2D eigenvalue weighted by Crippen LogP contribution is 2.33. The van der Waals surface area contributed by atoms with Crippen molar-refractivity contribution in [2.75, 3.05) is 25.9 Å². The molecule has 3 unspecified atom stereocenters. The summed E-state index contributed by atoms with van der Waals surface area (Å²) < 4.78 is 24.6. The van der Waals surface area contributed by atoms with Gasteiger partial charge < -0.3 is 10.6 Å². The highest BCUT2D eigenvalue weighted by atomic mass is 35.5. The Morgan fingerprint density at radius 3 is 2.65 bits per heavy atom. The van der Waals surface area contributed by atoms with E-state index in [9.17, 15) is 13.2 Å². The van der Waals surface area contributed by atoms with Gasteiger partial charge in [-0.2, -0.15) is 0 Å². The summed E-state index contributed by atoms with van der Waals surface area (Å²) in [7, 11) is -1.53. The molecule has 1 aliphatic carbocycles. The number of nitrogens with one attached hydrogen (secondary N) is 2. The van der Waals surface area contributed by atoms with Crippen LogP contribution in [-0.4, -0.2) is 56.6 Å². The molecule has 136 valence electrons. The summed E-state index contributed by atoms with van der Waals surface area (Å²) >= 11 is 0. The van der Waals surface area contributed by atoms with E-state index in [0.29, 0.717) is 31.5 Å². The molecule has 23 heavy (non-hydrogen) atoms. The lowest BCUT2D eigenvalue weighted by atomic mass is 9.85. The number of hydrogen-bond donors (Lipinski definition) is 2. The smallest absolute Gasteiger partial charge is 0.237 e. The second-order valence-electron chi connectivity index (χ2n) is 6.47. The van der Waals surface area contributed by atoms with Gasteiger partial charge in [0, 0.05) is 26.2 Å². The molecule has 0 aromatic rings. The van der Waals surface area contributed by atoms with Crippen molar-refractivity contribution in [2.24, 2.45) is 5.92 Å². The lowest BCUT2D eigenvalue weighted by Crippen LogP contribution is -2.43. The normalized spacial score (nSPS) is 27.3. The van der Waals surface area contributed by atoms with Crippen LogP contribution in [0.25, 0.3) is 0 Å². The minimum Gasteiger partial charge on any atom is -0.355 e. The van der Waals surface area contributed by atoms with Gasteiger partial charge in [-0.1, -0.05) is 12.8 Å². The summed E-state index contributed by atoms with van der Waals surface area (Å²) in [4.78, 5) is 12.2. The van der Waals surface area contributed by atoms with Crippen LogP contribution in [0.2, 0.25) is 0 Å². The van der Waals surface area contributed by atoms with Crippen LogP contribution in [0.3, 0.4) is 0 Å². The van der Waals surface area contributed by atoms with Crippen LogP contribution in [0.1, 0.15) is 45.4 Å². The molecule has 0 spiro atoms. The predicted molar refractivity (Wildman–Crippen MR) is 94.3 cm³/mol. The summed E-state index contributed by atoms with van der Waals surface area (Å²) in [6.07, 6.45) is 6.56. The molecule has 2 N–H and O–H groups in total. The lowest BCUT2D eigenvalue weighted by Gasteiger charge is -2.24. The second kappa shape index (κ2) is 9.20. The van der Waals surface area contributed by atoms with E-state index < -0.39 is 10.0 Å². The quantitative estimate of drug-likeness (QED) is 0.661. The average Bonchev–Trinajstić information content (AvgIpc) is 2.95. The summed E-state index contributed by atoms with van der Waals surface area (Å²) in [5.74, 6) is 0.839. The van der Waals surface area contributed by atoms with E-state index in [4.69, 9.17) is 0 Å². The van der Waals surface area contributed by atoms with Crippen molar-refractivity contribution in [2.45, 2.75) is 57.5 Å². The Kier molecular flexibility index (Phi) is 8.27. The minimum atomic E-state index is -3.12. The predicted octanol–water partition coefficient (Wildman–Crippen LogP) is 1.12. The maximum Gasteiger partial charge on any atom is 0.237 e. The van der Waals surface area contributed by atoms with Gasteiger partial charge in [0.2, 0.25) is 15.9 Å². The van der Waals surface area contributed by atoms with E-state index in [0.717, 1.165) is 6.42 Å². The number of rotatable bonds is 7. The average molecular weight is 368 g/mol. The molecule has 2 fully saturated rings. The Balaban J connectivity index is 0.00000264. The van der Waals surface area contributed by atoms with E-state index in [1.807, 2.05) is 0 Å². The molecule has 1 heterocycles. The number of carbonyl (C=O) groups excluding carboxylic acids is 1. The van der Waals surface area contributed by atoms with Crippen molar-refractivity contribution in [3.05, 3.63) is 0 Å². The first kappa shape index (κ1) is 20.7. The van der Waals surface area contributed by atoms with Gasteiger partial charge in [-0.3, -0.25) is 4.79 Å². The van der Waals surface area contributed by atoms with E-state index >= 15 is 0 Å². The SMILES string of the molecule is CCS(=O)(=O)N(C)CCCNC(=O)C1CC2CCCCC2N1.Cl. The number of halogens is 1. The molecular weight excluding hydrogens is 338 g/mol. The molecule has 8 heteroatoms. The van der Waals surface area contributed by atoms with Crippen molar-refractivity contribution >= 4 is 28.3 Å². The van der Waals surface area contributed by atoms with Crippen LogP contribution >= 0.6 is 12.4 Å². The maximum absolute atomic E-state index is 12.2. The molecule has 1 saturated carbocycles. The van der Waals surface area contributed by atoms with Crippen LogP contribution in [0.5, 0.6) is 0 Å². The molecule has 0 aromatic carbocycles. The third-order valence-electron chi connectivity index (χ3n) is 4.97. The fraction of sp³-hybridized carbons (Fsp3) is 0.933. The lowest BCUT2D eigenvalue weighted by molar-refractivity contribution is -0.122. The fourth-order valence-electron chi connectivity index (χ4n) is 3.52. The van der Waals surface area contributed by atoms with Gasteiger partial charge in [0.05, 0.1) is 11.8 Å². The van der Waals surface area contributed by atoms with E-state index in [1.165, 1.54) is 30.0 Å². The van der Waals surface area contributed by atoms with Gasteiger partial charge in [0.1, 0.15) is 0 Å². The second-order valence-corrected chi connectivity index (χ2v) is 8.84. The molecule has 2 aliphatic rings. The van der Waals surface area contributed by atoms with E-state index in [-0.39, 0.29) is 30.1 Å². The van der Waals surface area contributed by atoms with Crippen LogP contribution in [-0.2, 0) is 14.8 Å². The number of carbonyl (C=O) groups is 1. The van der Waals surface area contributed by atoms with Crippen LogP contribution < -0.4 is 10.6 Å². The highest BCUT2D eigenvalue weighted by molar-refractivity contribution is 7.89. The van der Waals surface area contributed by atoms with Crippen LogP contribution in [0.15, 0.2) is 0 Å². The summed E-state index contributed by atoms with van der Waals surface area (Å²) in [6, 6.07) is 0.454. The largest absolute Gasteiger partial charge is 0.355 e. The molecule has 2 rings (SSSR count). The van der Waals surface area contributed by atoms with Crippen LogP contribution in [0, 0.1) is 5.92 Å². The van der Waals surface area contributed by atoms with Gasteiger partial charge in [-0.25, -0.2) is 12.7 Å². The third kappa shape index (κ3) is 5.59. The fourth-order valence-corrected chi connectivity index (χ4v) is 4.37. The number of nitrogens with zero attached hydrogens (tertiary/aromatic N) is 1. The molecule has 6 nitrogen and oxygen atoms in total. The molecule has 0 aromatic heterocycles. The van der Waals surface area contributed by atoms with E-state index in [2.05, 4.69) is 10.6 Å². The van der Waals surface area contributed by atoms with Gasteiger partial charge in [-0.05, 0) is 38.5 Å². The minimum absolute atomic E-state index is 0. The monoisotopic (exact) mass is 367 g/mol. The first-order chi connectivity index (χ1) is 10.4. The van der Waals surface area contributed by atoms with Crippen LogP contribution in [0.4, 0.5) is 0 Å². The number of fused-ring (bicyclic) bond motifs is 1. The number of sulfonamides is 1. The number of hydrogen-bond acceptors (Lipinski definition) is 4. The molecule has 3 atom stereocenters. The van der Waals surface area contributed by atoms with Crippen molar-refractivity contribution in [1.82, 2.24) is 14.9 Å². The molecule has 0 radical (unpaired) electrons. The molecule has 0 bridgehead atoms. The zero-order chi connectivity index (χ0) is 16.2. The molecule has 1 aliphatic heterocycles. The standard InChI is InChI=1S/C15H29N3O3S.ClH/c1-3-22(20,21)18(2)10-6-9-16-15(19)14-11-12-7-4-5-8-13(12)17-14;/h12-14,17H,3-11H2,1-2H3,(H,16,19);1H. The molecule has 1 saturated heterocycles. The third-order valence-corrected chi connectivity index (χ3v) is 6.83. The Morgan fingerprint density at radius 1 is 1.30 bits per heavy atom. The van der Waals surface area contributed by atoms with Crippen molar-refractivity contribution in [1.29, 1.82) is 0 Å². The first-order valence-corrected chi connectivity index (χ1v) is 10.0. The Labute approximate surface area is 146 Å². The van der Waals surface area contributed by atoms with Gasteiger partial charge in [0.25, 0.3) is 0 Å². The van der Waals surface area contributed by atoms with E-state index in [1.54, 1.807) is 14.0 Å². The van der Waals surface area contributed by atoms with Gasteiger partial charge >= 0.3 is 0 Å². The van der Waals surface area contributed by atoms with Gasteiger partial charge in [0.15, 0.2) is 0 Å².